The Bertz CT molecular complexity index is 113. The number of hydrogen-bond donors (Lipinski definition) is 1. The summed E-state index contributed by atoms with van der Waals surface area (Å²) < 4.78 is 10.1. The van der Waals surface area contributed by atoms with E-state index < -0.39 is 0 Å². The highest BCUT2D eigenvalue weighted by molar-refractivity contribution is 4.65. The fourth-order valence-electron chi connectivity index (χ4n) is 1.34. The second kappa shape index (κ2) is 7.30. The lowest BCUT2D eigenvalue weighted by Gasteiger charge is -2.20. The number of ether oxygens (including phenoxy) is 2. The molecule has 1 atom stereocenters. The highest BCUT2D eigenvalue weighted by Crippen LogP contribution is 2.10. The largest absolute Gasteiger partial charge is 0.354 e. The molecular weight excluding hydrogens is 166 g/mol. The SMILES string of the molecule is COC(OC)C(N)CCCC(C)C. The lowest BCUT2D eigenvalue weighted by molar-refractivity contribution is -0.117. The lowest BCUT2D eigenvalue weighted by Crippen LogP contribution is -2.37. The van der Waals surface area contributed by atoms with Crippen molar-refractivity contribution in [1.29, 1.82) is 0 Å². The normalized spacial score (nSPS) is 14.1. The van der Waals surface area contributed by atoms with E-state index in [1.165, 1.54) is 6.42 Å². The molecule has 0 radical (unpaired) electrons. The first-order valence-corrected chi connectivity index (χ1v) is 4.93. The van der Waals surface area contributed by atoms with Crippen LogP contribution in [0.25, 0.3) is 0 Å². The monoisotopic (exact) mass is 189 g/mol. The minimum atomic E-state index is -0.257. The summed E-state index contributed by atoms with van der Waals surface area (Å²) >= 11 is 0. The Hall–Kier alpha value is -0.120. The van der Waals surface area contributed by atoms with Gasteiger partial charge in [0.15, 0.2) is 6.29 Å². The third-order valence-electron chi connectivity index (χ3n) is 2.13. The number of methoxy groups -OCH3 is 2. The molecule has 0 aromatic heterocycles. The van der Waals surface area contributed by atoms with Gasteiger partial charge in [0.2, 0.25) is 0 Å². The number of nitrogens with two attached hydrogens (primary N) is 1. The Balaban J connectivity index is 3.53. The van der Waals surface area contributed by atoms with Gasteiger partial charge in [-0.25, -0.2) is 0 Å². The first kappa shape index (κ1) is 12.9. The van der Waals surface area contributed by atoms with Gasteiger partial charge in [-0.3, -0.25) is 0 Å². The molecule has 0 saturated heterocycles. The average molecular weight is 189 g/mol. The van der Waals surface area contributed by atoms with Crippen molar-refractivity contribution in [2.75, 3.05) is 14.2 Å². The summed E-state index contributed by atoms with van der Waals surface area (Å²) in [6, 6.07) is -0.00579. The van der Waals surface area contributed by atoms with Crippen LogP contribution in [0.2, 0.25) is 0 Å². The van der Waals surface area contributed by atoms with Crippen LogP contribution in [-0.2, 0) is 9.47 Å². The predicted octanol–water partition coefficient (Wildman–Crippen LogP) is 1.76. The molecule has 0 aromatic carbocycles. The molecule has 0 bridgehead atoms. The lowest BCUT2D eigenvalue weighted by atomic mass is 10.0. The molecule has 0 spiro atoms. The molecule has 3 nitrogen and oxygen atoms in total. The zero-order chi connectivity index (χ0) is 10.3. The Morgan fingerprint density at radius 2 is 1.62 bits per heavy atom. The van der Waals surface area contributed by atoms with Gasteiger partial charge in [-0.1, -0.05) is 26.7 Å². The molecule has 0 aliphatic carbocycles. The molecule has 0 aromatic rings. The van der Waals surface area contributed by atoms with Crippen molar-refractivity contribution < 1.29 is 9.47 Å². The maximum absolute atomic E-state index is 5.88. The van der Waals surface area contributed by atoms with Crippen LogP contribution in [0.5, 0.6) is 0 Å². The number of rotatable bonds is 7. The summed E-state index contributed by atoms with van der Waals surface area (Å²) in [6.45, 7) is 4.44. The Kier molecular flexibility index (Phi) is 7.23. The summed E-state index contributed by atoms with van der Waals surface area (Å²) in [6.07, 6.45) is 3.06. The van der Waals surface area contributed by atoms with Gasteiger partial charge in [-0.2, -0.15) is 0 Å². The minimum absolute atomic E-state index is 0.00579. The van der Waals surface area contributed by atoms with Crippen LogP contribution < -0.4 is 5.73 Å². The number of hydrogen-bond acceptors (Lipinski definition) is 3. The highest BCUT2D eigenvalue weighted by atomic mass is 16.7. The fourth-order valence-corrected chi connectivity index (χ4v) is 1.34. The van der Waals surface area contributed by atoms with Crippen LogP contribution in [0.15, 0.2) is 0 Å². The minimum Gasteiger partial charge on any atom is -0.354 e. The standard InChI is InChI=1S/C10H23NO2/c1-8(2)6-5-7-9(11)10(12-3)13-4/h8-10H,5-7,11H2,1-4H3. The van der Waals surface area contributed by atoms with E-state index in [0.29, 0.717) is 0 Å². The third kappa shape index (κ3) is 6.02. The molecule has 0 rings (SSSR count). The molecule has 2 N–H and O–H groups in total. The second-order valence-corrected chi connectivity index (χ2v) is 3.83. The smallest absolute Gasteiger partial charge is 0.171 e. The van der Waals surface area contributed by atoms with Crippen LogP contribution in [0.4, 0.5) is 0 Å². The van der Waals surface area contributed by atoms with Crippen LogP contribution in [0.3, 0.4) is 0 Å². The molecule has 80 valence electrons. The van der Waals surface area contributed by atoms with Crippen molar-refractivity contribution in [3.05, 3.63) is 0 Å². The summed E-state index contributed by atoms with van der Waals surface area (Å²) in [4.78, 5) is 0. The van der Waals surface area contributed by atoms with Crippen molar-refractivity contribution in [3.63, 3.8) is 0 Å². The predicted molar refractivity (Wildman–Crippen MR) is 54.5 cm³/mol. The summed E-state index contributed by atoms with van der Waals surface area (Å²) in [5, 5.41) is 0. The molecule has 3 heteroatoms. The van der Waals surface area contributed by atoms with Crippen molar-refractivity contribution in [1.82, 2.24) is 0 Å². The van der Waals surface area contributed by atoms with Gasteiger partial charge in [0.1, 0.15) is 0 Å². The van der Waals surface area contributed by atoms with Gasteiger partial charge in [-0.15, -0.1) is 0 Å². The first-order valence-electron chi connectivity index (χ1n) is 4.93. The zero-order valence-electron chi connectivity index (χ0n) is 9.25. The van der Waals surface area contributed by atoms with Gasteiger partial charge in [0.05, 0.1) is 6.04 Å². The van der Waals surface area contributed by atoms with E-state index in [-0.39, 0.29) is 12.3 Å². The molecule has 13 heavy (non-hydrogen) atoms. The van der Waals surface area contributed by atoms with E-state index in [2.05, 4.69) is 13.8 Å². The van der Waals surface area contributed by atoms with Crippen molar-refractivity contribution in [3.8, 4) is 0 Å². The first-order chi connectivity index (χ1) is 6.11. The van der Waals surface area contributed by atoms with Crippen LogP contribution in [-0.4, -0.2) is 26.6 Å². The van der Waals surface area contributed by atoms with Crippen LogP contribution in [0.1, 0.15) is 33.1 Å². The third-order valence-corrected chi connectivity index (χ3v) is 2.13. The van der Waals surface area contributed by atoms with E-state index in [1.54, 1.807) is 14.2 Å². The van der Waals surface area contributed by atoms with Gasteiger partial charge >= 0.3 is 0 Å². The topological polar surface area (TPSA) is 44.5 Å². The van der Waals surface area contributed by atoms with E-state index in [1.807, 2.05) is 0 Å². The molecular formula is C10H23NO2. The van der Waals surface area contributed by atoms with E-state index in [9.17, 15) is 0 Å². The molecule has 0 saturated carbocycles. The molecule has 0 heterocycles. The van der Waals surface area contributed by atoms with Gasteiger partial charge in [-0.05, 0) is 12.3 Å². The maximum Gasteiger partial charge on any atom is 0.171 e. The zero-order valence-corrected chi connectivity index (χ0v) is 9.25. The fraction of sp³-hybridized carbons (Fsp3) is 1.00. The van der Waals surface area contributed by atoms with Gasteiger partial charge in [0.25, 0.3) is 0 Å². The molecule has 0 amide bonds. The van der Waals surface area contributed by atoms with E-state index in [4.69, 9.17) is 15.2 Å². The summed E-state index contributed by atoms with van der Waals surface area (Å²) in [5.74, 6) is 0.746. The second-order valence-electron chi connectivity index (χ2n) is 3.83. The van der Waals surface area contributed by atoms with Crippen molar-refractivity contribution in [2.45, 2.75) is 45.4 Å². The van der Waals surface area contributed by atoms with E-state index in [0.717, 1.165) is 18.8 Å². The summed E-state index contributed by atoms with van der Waals surface area (Å²) in [5.41, 5.74) is 5.88. The average Bonchev–Trinajstić information content (AvgIpc) is 2.05. The van der Waals surface area contributed by atoms with Crippen molar-refractivity contribution >= 4 is 0 Å². The molecule has 1 unspecified atom stereocenters. The molecule has 0 aliphatic heterocycles. The quantitative estimate of drug-likeness (QED) is 0.621. The van der Waals surface area contributed by atoms with E-state index >= 15 is 0 Å². The maximum atomic E-state index is 5.88. The molecule has 0 fully saturated rings. The van der Waals surface area contributed by atoms with Crippen molar-refractivity contribution in [2.24, 2.45) is 11.7 Å². The molecule has 0 aliphatic rings. The van der Waals surface area contributed by atoms with Gasteiger partial charge in [0, 0.05) is 14.2 Å². The Labute approximate surface area is 81.6 Å². The Morgan fingerprint density at radius 1 is 1.08 bits per heavy atom. The Morgan fingerprint density at radius 3 is 2.00 bits per heavy atom. The van der Waals surface area contributed by atoms with Gasteiger partial charge < -0.3 is 15.2 Å². The van der Waals surface area contributed by atoms with Crippen LogP contribution in [0, 0.1) is 5.92 Å². The highest BCUT2D eigenvalue weighted by Gasteiger charge is 2.15. The van der Waals surface area contributed by atoms with Crippen LogP contribution >= 0.6 is 0 Å². The summed E-state index contributed by atoms with van der Waals surface area (Å²) in [7, 11) is 3.24.